The molecule has 1 N–H and O–H groups in total. The summed E-state index contributed by atoms with van der Waals surface area (Å²) in [6.45, 7) is 20.8. The maximum Gasteiger partial charge on any atom is 0.221 e. The van der Waals surface area contributed by atoms with Gasteiger partial charge in [-0.3, -0.25) is 9.58 Å². The highest BCUT2D eigenvalue weighted by atomic mass is 16.5. The van der Waals surface area contributed by atoms with Gasteiger partial charge in [0.2, 0.25) is 5.88 Å². The number of hydrogen-bond acceptors (Lipinski definition) is 6. The molecule has 0 bridgehead atoms. The molecular formula is C25H39N7O. The topological polar surface area (TPSA) is 75.2 Å². The lowest BCUT2D eigenvalue weighted by atomic mass is 10.1. The summed E-state index contributed by atoms with van der Waals surface area (Å²) in [6, 6.07) is 0.305. The lowest BCUT2D eigenvalue weighted by Gasteiger charge is -2.33. The minimum absolute atomic E-state index is 0.0932. The zero-order chi connectivity index (χ0) is 24.3. The molecule has 0 amide bonds. The Labute approximate surface area is 198 Å². The molecule has 0 saturated carbocycles. The summed E-state index contributed by atoms with van der Waals surface area (Å²) in [6.07, 6.45) is 4.64. The number of rotatable bonds is 12. The average molecular weight is 454 g/mol. The molecule has 0 radical (unpaired) electrons. The van der Waals surface area contributed by atoms with Crippen molar-refractivity contribution in [3.63, 3.8) is 0 Å². The van der Waals surface area contributed by atoms with Gasteiger partial charge < -0.3 is 15.0 Å². The zero-order valence-electron chi connectivity index (χ0n) is 21.1. The third-order valence-corrected chi connectivity index (χ3v) is 6.27. The van der Waals surface area contributed by atoms with E-state index in [1.807, 2.05) is 27.0 Å². The second-order valence-corrected chi connectivity index (χ2v) is 9.23. The smallest absolute Gasteiger partial charge is 0.221 e. The number of likely N-dealkylation sites (N-methyl/N-ethyl adjacent to an activating group) is 1. The van der Waals surface area contributed by atoms with Crippen molar-refractivity contribution in [2.45, 2.75) is 52.8 Å². The highest BCUT2D eigenvalue weighted by Crippen LogP contribution is 2.25. The van der Waals surface area contributed by atoms with E-state index in [9.17, 15) is 0 Å². The van der Waals surface area contributed by atoms with E-state index in [4.69, 9.17) is 15.2 Å². The first-order valence-corrected chi connectivity index (χ1v) is 11.7. The Bertz CT molecular complexity index is 1010. The molecule has 180 valence electrons. The number of hydrogen-bond donors (Lipinski definition) is 1. The Kier molecular flexibility index (Phi) is 7.92. The molecule has 0 spiro atoms. The number of nitrogens with zero attached hydrogens (tertiary/aromatic N) is 6. The molecule has 3 heterocycles. The van der Waals surface area contributed by atoms with Crippen LogP contribution >= 0.6 is 0 Å². The minimum atomic E-state index is -0.0932. The standard InChI is InChI=1S/C25H39N7O/c1-9-21-19(5)28-32(17(3)14-31-12-11-13-31)23(21)16-29(7)15-18(4)33-25-24(22(26)10-2)20(6)27-30(25)8/h9-10,17-18,26H,1-2,11-16H2,3-8H3. The van der Waals surface area contributed by atoms with Crippen molar-refractivity contribution in [1.29, 1.82) is 5.41 Å². The number of ether oxygens (including phenoxy) is 1. The van der Waals surface area contributed by atoms with Crippen LogP contribution in [0.15, 0.2) is 19.2 Å². The predicted octanol–water partition coefficient (Wildman–Crippen LogP) is 3.60. The molecule has 2 aromatic heterocycles. The van der Waals surface area contributed by atoms with Crippen LogP contribution in [0.3, 0.4) is 0 Å². The van der Waals surface area contributed by atoms with E-state index in [-0.39, 0.29) is 6.10 Å². The maximum absolute atomic E-state index is 8.20. The highest BCUT2D eigenvalue weighted by molar-refractivity contribution is 6.08. The Balaban J connectivity index is 1.72. The molecule has 3 rings (SSSR count). The molecule has 8 nitrogen and oxygen atoms in total. The van der Waals surface area contributed by atoms with Gasteiger partial charge in [0, 0.05) is 32.2 Å². The van der Waals surface area contributed by atoms with Gasteiger partial charge >= 0.3 is 0 Å². The monoisotopic (exact) mass is 453 g/mol. The van der Waals surface area contributed by atoms with Crippen LogP contribution in [0, 0.1) is 19.3 Å². The van der Waals surface area contributed by atoms with Gasteiger partial charge in [-0.1, -0.05) is 19.2 Å². The fourth-order valence-electron chi connectivity index (χ4n) is 4.58. The van der Waals surface area contributed by atoms with Crippen LogP contribution in [0.5, 0.6) is 5.88 Å². The summed E-state index contributed by atoms with van der Waals surface area (Å²) in [4.78, 5) is 4.73. The van der Waals surface area contributed by atoms with Crippen LogP contribution in [0.25, 0.3) is 6.08 Å². The van der Waals surface area contributed by atoms with Crippen LogP contribution < -0.4 is 4.74 Å². The van der Waals surface area contributed by atoms with Crippen LogP contribution in [0.1, 0.15) is 54.5 Å². The van der Waals surface area contributed by atoms with E-state index in [2.05, 4.69) is 53.6 Å². The summed E-state index contributed by atoms with van der Waals surface area (Å²) >= 11 is 0. The molecule has 2 aromatic rings. The third-order valence-electron chi connectivity index (χ3n) is 6.27. The van der Waals surface area contributed by atoms with Gasteiger partial charge in [-0.15, -0.1) is 0 Å². The Hall–Kier alpha value is -2.71. The molecule has 1 fully saturated rings. The first kappa shape index (κ1) is 24.9. The highest BCUT2D eigenvalue weighted by Gasteiger charge is 2.24. The first-order valence-electron chi connectivity index (χ1n) is 11.7. The summed E-state index contributed by atoms with van der Waals surface area (Å²) in [5.41, 5.74) is 5.12. The Morgan fingerprint density at radius 3 is 2.48 bits per heavy atom. The molecule has 2 unspecified atom stereocenters. The van der Waals surface area contributed by atoms with Crippen molar-refractivity contribution in [2.75, 3.05) is 33.2 Å². The molecule has 2 atom stereocenters. The first-order chi connectivity index (χ1) is 15.7. The quantitative estimate of drug-likeness (QED) is 0.497. The van der Waals surface area contributed by atoms with E-state index in [1.165, 1.54) is 31.3 Å². The van der Waals surface area contributed by atoms with Crippen molar-refractivity contribution in [3.8, 4) is 5.88 Å². The second-order valence-electron chi connectivity index (χ2n) is 9.23. The molecule has 8 heteroatoms. The Morgan fingerprint density at radius 1 is 1.21 bits per heavy atom. The third kappa shape index (κ3) is 5.45. The molecule has 1 saturated heterocycles. The normalized spacial score (nSPS) is 15.8. The Morgan fingerprint density at radius 2 is 1.91 bits per heavy atom. The van der Waals surface area contributed by atoms with Gasteiger partial charge in [0.15, 0.2) is 0 Å². The predicted molar refractivity (Wildman–Crippen MR) is 134 cm³/mol. The number of aryl methyl sites for hydroxylation is 3. The summed E-state index contributed by atoms with van der Waals surface area (Å²) in [5, 5.41) is 17.5. The van der Waals surface area contributed by atoms with Crippen LogP contribution in [0.2, 0.25) is 0 Å². The van der Waals surface area contributed by atoms with Crippen LogP contribution in [0.4, 0.5) is 0 Å². The van der Waals surface area contributed by atoms with Gasteiger partial charge in [0.1, 0.15) is 6.10 Å². The van der Waals surface area contributed by atoms with Gasteiger partial charge in [-0.2, -0.15) is 10.2 Å². The number of aromatic nitrogens is 4. The number of allylic oxidation sites excluding steroid dienone is 1. The fraction of sp³-hybridized carbons (Fsp3) is 0.560. The van der Waals surface area contributed by atoms with Crippen molar-refractivity contribution in [1.82, 2.24) is 29.4 Å². The summed E-state index contributed by atoms with van der Waals surface area (Å²) in [7, 11) is 3.94. The van der Waals surface area contributed by atoms with Crippen molar-refractivity contribution >= 4 is 11.8 Å². The molecular weight excluding hydrogens is 414 g/mol. The average Bonchev–Trinajstić information content (AvgIpc) is 3.18. The maximum atomic E-state index is 8.20. The second kappa shape index (κ2) is 10.5. The van der Waals surface area contributed by atoms with E-state index in [1.54, 1.807) is 4.68 Å². The lowest BCUT2D eigenvalue weighted by Crippen LogP contribution is -2.41. The van der Waals surface area contributed by atoms with Gasteiger partial charge in [-0.05, 0) is 60.3 Å². The molecule has 0 aromatic carbocycles. The van der Waals surface area contributed by atoms with E-state index in [0.717, 1.165) is 30.0 Å². The zero-order valence-corrected chi connectivity index (χ0v) is 21.1. The van der Waals surface area contributed by atoms with E-state index < -0.39 is 0 Å². The SMILES string of the molecule is C=CC(=N)c1c(C)nn(C)c1OC(C)CN(C)Cc1c(C=C)c(C)nn1C(C)CN1CCC1. The fourth-order valence-corrected chi connectivity index (χ4v) is 4.58. The molecule has 1 aliphatic heterocycles. The largest absolute Gasteiger partial charge is 0.473 e. The van der Waals surface area contributed by atoms with Gasteiger partial charge in [-0.25, -0.2) is 4.68 Å². The van der Waals surface area contributed by atoms with Crippen LogP contribution in [-0.2, 0) is 13.6 Å². The van der Waals surface area contributed by atoms with Gasteiger partial charge in [0.25, 0.3) is 0 Å². The molecule has 1 aliphatic rings. The molecule has 33 heavy (non-hydrogen) atoms. The number of nitrogens with one attached hydrogen (secondary N) is 1. The van der Waals surface area contributed by atoms with Crippen molar-refractivity contribution in [2.24, 2.45) is 7.05 Å². The lowest BCUT2D eigenvalue weighted by molar-refractivity contribution is 0.140. The van der Waals surface area contributed by atoms with E-state index >= 15 is 0 Å². The van der Waals surface area contributed by atoms with Gasteiger partial charge in [0.05, 0.1) is 34.4 Å². The van der Waals surface area contributed by atoms with E-state index in [0.29, 0.717) is 29.7 Å². The summed E-state index contributed by atoms with van der Waals surface area (Å²) in [5.74, 6) is 0.606. The summed E-state index contributed by atoms with van der Waals surface area (Å²) < 4.78 is 10.1. The van der Waals surface area contributed by atoms with Crippen molar-refractivity contribution < 1.29 is 4.74 Å². The minimum Gasteiger partial charge on any atom is -0.473 e. The van der Waals surface area contributed by atoms with Crippen molar-refractivity contribution in [3.05, 3.63) is 47.4 Å². The molecule has 0 aliphatic carbocycles. The van der Waals surface area contributed by atoms with Crippen LogP contribution in [-0.4, -0.2) is 74.4 Å². The number of likely N-dealkylation sites (tertiary alicyclic amines) is 1.